The number of ether oxygens (including phenoxy) is 1. The first kappa shape index (κ1) is 26.3. The SMILES string of the molecule is CC(C)C[C@H](C(=O)OCC(=O)Nc1ccccc1Cl)N1C(=O)[C@@H]2C3c4ccccc4C(c4ccccc43)[C@@H]2C1=O. The monoisotopic (exact) mass is 556 g/mol. The van der Waals surface area contributed by atoms with Gasteiger partial charge in [-0.25, -0.2) is 4.79 Å². The molecule has 8 heteroatoms. The Morgan fingerprint density at radius 1 is 0.825 bits per heavy atom. The van der Waals surface area contributed by atoms with E-state index in [4.69, 9.17) is 16.3 Å². The molecule has 3 amide bonds. The highest BCUT2D eigenvalue weighted by Gasteiger charge is 2.63. The zero-order valence-corrected chi connectivity index (χ0v) is 22.9. The van der Waals surface area contributed by atoms with E-state index < -0.39 is 36.4 Å². The van der Waals surface area contributed by atoms with Crippen LogP contribution in [0, 0.1) is 17.8 Å². The molecule has 0 aromatic heterocycles. The van der Waals surface area contributed by atoms with Crippen LogP contribution in [0.4, 0.5) is 5.69 Å². The second-order valence-corrected chi connectivity index (χ2v) is 11.5. The standard InChI is InChI=1S/C32H29ClN2O5/c1-17(2)15-24(32(39)40-16-25(36)34-23-14-8-7-13-22(23)33)35-30(37)28-26-18-9-3-4-10-19(18)27(29(28)31(35)38)21-12-6-5-11-20(21)26/h3-14,17,24,26-29H,15-16H2,1-2H3,(H,34,36)/t24-,26?,27?,28-,29+/m1/s1. The summed E-state index contributed by atoms with van der Waals surface area (Å²) >= 11 is 6.11. The van der Waals surface area contributed by atoms with Gasteiger partial charge < -0.3 is 10.1 Å². The second-order valence-electron chi connectivity index (χ2n) is 11.1. The van der Waals surface area contributed by atoms with Gasteiger partial charge in [0.1, 0.15) is 6.04 Å². The molecular weight excluding hydrogens is 528 g/mol. The minimum absolute atomic E-state index is 0.0103. The lowest BCUT2D eigenvalue weighted by atomic mass is 9.55. The molecule has 0 radical (unpaired) electrons. The Balaban J connectivity index is 1.28. The largest absolute Gasteiger partial charge is 0.454 e. The van der Waals surface area contributed by atoms with E-state index in [1.165, 1.54) is 0 Å². The maximum absolute atomic E-state index is 14.1. The number of rotatable bonds is 7. The number of nitrogens with zero attached hydrogens (tertiary/aromatic N) is 1. The summed E-state index contributed by atoms with van der Waals surface area (Å²) in [5, 5.41) is 2.97. The van der Waals surface area contributed by atoms with E-state index in [1.54, 1.807) is 24.3 Å². The number of carbonyl (C=O) groups excluding carboxylic acids is 4. The van der Waals surface area contributed by atoms with Gasteiger partial charge in [0.05, 0.1) is 22.5 Å². The number of nitrogens with one attached hydrogen (secondary N) is 1. The molecule has 4 aliphatic rings. The topological polar surface area (TPSA) is 92.8 Å². The fraction of sp³-hybridized carbons (Fsp3) is 0.312. The number of anilines is 1. The van der Waals surface area contributed by atoms with E-state index in [0.717, 1.165) is 27.2 Å². The maximum Gasteiger partial charge on any atom is 0.329 e. The van der Waals surface area contributed by atoms with Crippen LogP contribution < -0.4 is 5.32 Å². The number of halogens is 1. The molecule has 1 N–H and O–H groups in total. The third-order valence-corrected chi connectivity index (χ3v) is 8.58. The molecule has 3 aromatic rings. The van der Waals surface area contributed by atoms with Crippen molar-refractivity contribution in [2.24, 2.45) is 17.8 Å². The van der Waals surface area contributed by atoms with Crippen molar-refractivity contribution in [2.45, 2.75) is 38.1 Å². The van der Waals surface area contributed by atoms with Crippen molar-refractivity contribution < 1.29 is 23.9 Å². The molecule has 2 bridgehead atoms. The van der Waals surface area contributed by atoms with Gasteiger partial charge in [-0.05, 0) is 46.7 Å². The zero-order valence-electron chi connectivity index (χ0n) is 22.2. The highest BCUT2D eigenvalue weighted by molar-refractivity contribution is 6.33. The first-order valence-electron chi connectivity index (χ1n) is 13.5. The molecule has 0 unspecified atom stereocenters. The molecule has 1 aliphatic heterocycles. The zero-order chi connectivity index (χ0) is 28.1. The summed E-state index contributed by atoms with van der Waals surface area (Å²) in [6.45, 7) is 3.26. The van der Waals surface area contributed by atoms with E-state index in [-0.39, 0.29) is 36.0 Å². The fourth-order valence-corrected chi connectivity index (χ4v) is 6.93. The Labute approximate surface area is 237 Å². The predicted octanol–water partition coefficient (Wildman–Crippen LogP) is 5.13. The fourth-order valence-electron chi connectivity index (χ4n) is 6.74. The molecular formula is C32H29ClN2O5. The molecule has 3 aliphatic carbocycles. The van der Waals surface area contributed by atoms with Crippen LogP contribution in [0.3, 0.4) is 0 Å². The van der Waals surface area contributed by atoms with Gasteiger partial charge in [0.15, 0.2) is 6.61 Å². The molecule has 1 fully saturated rings. The Hall–Kier alpha value is -3.97. The van der Waals surface area contributed by atoms with E-state index in [1.807, 2.05) is 62.4 Å². The van der Waals surface area contributed by atoms with Gasteiger partial charge in [0.2, 0.25) is 11.8 Å². The van der Waals surface area contributed by atoms with Gasteiger partial charge in [-0.2, -0.15) is 0 Å². The summed E-state index contributed by atoms with van der Waals surface area (Å²) in [5.41, 5.74) is 4.65. The summed E-state index contributed by atoms with van der Waals surface area (Å²) in [4.78, 5) is 55.3. The number of hydrogen-bond acceptors (Lipinski definition) is 5. The van der Waals surface area contributed by atoms with Crippen molar-refractivity contribution in [1.82, 2.24) is 4.90 Å². The van der Waals surface area contributed by atoms with Crippen LogP contribution in [0.1, 0.15) is 54.4 Å². The Morgan fingerprint density at radius 3 is 1.77 bits per heavy atom. The van der Waals surface area contributed by atoms with E-state index in [2.05, 4.69) is 5.32 Å². The number of amides is 3. The number of esters is 1. The summed E-state index contributed by atoms with van der Waals surface area (Å²) in [6.07, 6.45) is 0.233. The summed E-state index contributed by atoms with van der Waals surface area (Å²) in [7, 11) is 0. The highest BCUT2D eigenvalue weighted by Crippen LogP contribution is 2.61. The van der Waals surface area contributed by atoms with Crippen molar-refractivity contribution in [2.75, 3.05) is 11.9 Å². The van der Waals surface area contributed by atoms with Crippen molar-refractivity contribution in [3.63, 3.8) is 0 Å². The minimum Gasteiger partial charge on any atom is -0.454 e. The average molecular weight is 557 g/mol. The van der Waals surface area contributed by atoms with Crippen LogP contribution in [0.5, 0.6) is 0 Å². The lowest BCUT2D eigenvalue weighted by Crippen LogP contribution is -2.47. The molecule has 1 saturated heterocycles. The predicted molar refractivity (Wildman–Crippen MR) is 150 cm³/mol. The highest BCUT2D eigenvalue weighted by atomic mass is 35.5. The van der Waals surface area contributed by atoms with Crippen LogP contribution in [0.15, 0.2) is 72.8 Å². The van der Waals surface area contributed by atoms with E-state index >= 15 is 0 Å². The molecule has 0 saturated carbocycles. The molecule has 7 nitrogen and oxygen atoms in total. The molecule has 0 spiro atoms. The molecule has 1 heterocycles. The summed E-state index contributed by atoms with van der Waals surface area (Å²) < 4.78 is 5.39. The molecule has 7 rings (SSSR count). The third-order valence-electron chi connectivity index (χ3n) is 8.25. The van der Waals surface area contributed by atoms with Gasteiger partial charge in [-0.1, -0.05) is 86.1 Å². The van der Waals surface area contributed by atoms with Gasteiger partial charge in [-0.3, -0.25) is 19.3 Å². The number of imide groups is 1. The second kappa shape index (κ2) is 10.2. The number of para-hydroxylation sites is 1. The Kier molecular flexibility index (Phi) is 6.70. The van der Waals surface area contributed by atoms with Crippen LogP contribution in [0.2, 0.25) is 5.02 Å². The maximum atomic E-state index is 14.1. The lowest BCUT2D eigenvalue weighted by molar-refractivity contribution is -0.160. The van der Waals surface area contributed by atoms with Gasteiger partial charge >= 0.3 is 5.97 Å². The summed E-state index contributed by atoms with van der Waals surface area (Å²) in [6, 6.07) is 21.6. The average Bonchev–Trinajstić information content (AvgIpc) is 3.21. The van der Waals surface area contributed by atoms with Crippen LogP contribution >= 0.6 is 11.6 Å². The smallest absolute Gasteiger partial charge is 0.329 e. The van der Waals surface area contributed by atoms with E-state index in [9.17, 15) is 19.2 Å². The van der Waals surface area contributed by atoms with Crippen molar-refractivity contribution in [1.29, 1.82) is 0 Å². The molecule has 204 valence electrons. The number of carbonyl (C=O) groups is 4. The van der Waals surface area contributed by atoms with Gasteiger partial charge in [0, 0.05) is 11.8 Å². The quantitative estimate of drug-likeness (QED) is 0.322. The number of likely N-dealkylation sites (tertiary alicyclic amines) is 1. The van der Waals surface area contributed by atoms with Crippen LogP contribution in [0.25, 0.3) is 0 Å². The van der Waals surface area contributed by atoms with Gasteiger partial charge in [0.25, 0.3) is 5.91 Å². The first-order valence-corrected chi connectivity index (χ1v) is 13.9. The lowest BCUT2D eigenvalue weighted by Gasteiger charge is -2.45. The van der Waals surface area contributed by atoms with Crippen molar-refractivity contribution in [3.05, 3.63) is 100 Å². The van der Waals surface area contributed by atoms with Crippen molar-refractivity contribution in [3.8, 4) is 0 Å². The van der Waals surface area contributed by atoms with Crippen molar-refractivity contribution >= 4 is 41.0 Å². The molecule has 40 heavy (non-hydrogen) atoms. The van der Waals surface area contributed by atoms with E-state index in [0.29, 0.717) is 10.7 Å². The van der Waals surface area contributed by atoms with Gasteiger partial charge in [-0.15, -0.1) is 0 Å². The molecule has 3 aromatic carbocycles. The normalized spacial score (nSPS) is 22.9. The Morgan fingerprint density at radius 2 is 1.30 bits per heavy atom. The molecule has 3 atom stereocenters. The number of benzene rings is 3. The third kappa shape index (κ3) is 4.20. The van der Waals surface area contributed by atoms with Crippen LogP contribution in [-0.2, 0) is 23.9 Å². The minimum atomic E-state index is -1.12. The summed E-state index contributed by atoms with van der Waals surface area (Å²) in [5.74, 6) is -3.76. The van der Waals surface area contributed by atoms with Crippen LogP contribution in [-0.4, -0.2) is 41.2 Å². The first-order chi connectivity index (χ1) is 19.3. The Bertz CT molecular complexity index is 1420. The number of hydrogen-bond donors (Lipinski definition) is 1.